The van der Waals surface area contributed by atoms with Crippen molar-refractivity contribution in [2.24, 2.45) is 0 Å². The van der Waals surface area contributed by atoms with Gasteiger partial charge in [0, 0.05) is 11.8 Å². The van der Waals surface area contributed by atoms with E-state index < -0.39 is 0 Å². The van der Waals surface area contributed by atoms with Crippen LogP contribution in [0.25, 0.3) is 11.3 Å². The topological polar surface area (TPSA) is 12.9 Å². The predicted octanol–water partition coefficient (Wildman–Crippen LogP) is 1.86. The minimum atomic E-state index is 1.04. The van der Waals surface area contributed by atoms with Crippen LogP contribution in [0.2, 0.25) is 6.82 Å². The lowest BCUT2D eigenvalue weighted by Crippen LogP contribution is -2.10. The summed E-state index contributed by atoms with van der Waals surface area (Å²) in [5.74, 6) is 0. The Morgan fingerprint density at radius 3 is 2.36 bits per heavy atom. The average molecular weight is 181 g/mol. The number of pyridine rings is 1. The zero-order valence-electron chi connectivity index (χ0n) is 8.27. The molecule has 0 aliphatic carbocycles. The van der Waals surface area contributed by atoms with E-state index in [1.54, 1.807) is 0 Å². The molecule has 0 atom stereocenters. The lowest BCUT2D eigenvalue weighted by atomic mass is 9.74. The van der Waals surface area contributed by atoms with Gasteiger partial charge in [0.2, 0.25) is 0 Å². The van der Waals surface area contributed by atoms with Crippen molar-refractivity contribution in [2.75, 3.05) is 0 Å². The molecule has 2 rings (SSSR count). The number of hydrogen-bond donors (Lipinski definition) is 0. The first-order chi connectivity index (χ1) is 6.90. The number of rotatable bonds is 2. The summed E-state index contributed by atoms with van der Waals surface area (Å²) in [6.07, 6.45) is 1.95. The van der Waals surface area contributed by atoms with E-state index in [1.165, 1.54) is 11.0 Å². The molecule has 68 valence electrons. The van der Waals surface area contributed by atoms with E-state index in [4.69, 9.17) is 0 Å². The Balaban J connectivity index is 2.34. The van der Waals surface area contributed by atoms with E-state index in [0.29, 0.717) is 0 Å². The second-order valence-electron chi connectivity index (χ2n) is 3.27. The summed E-state index contributed by atoms with van der Waals surface area (Å²) in [7, 11) is 1.04. The summed E-state index contributed by atoms with van der Waals surface area (Å²) >= 11 is 0. The Kier molecular flexibility index (Phi) is 2.64. The van der Waals surface area contributed by atoms with Gasteiger partial charge in [-0.15, -0.1) is 0 Å². The van der Waals surface area contributed by atoms with Gasteiger partial charge in [-0.3, -0.25) is 4.98 Å². The summed E-state index contributed by atoms with van der Waals surface area (Å²) in [6.45, 7) is 2.14. The fourth-order valence-corrected chi connectivity index (χ4v) is 1.41. The van der Waals surface area contributed by atoms with Crippen molar-refractivity contribution in [2.45, 2.75) is 6.82 Å². The first-order valence-electron chi connectivity index (χ1n) is 4.90. The van der Waals surface area contributed by atoms with Gasteiger partial charge in [-0.05, 0) is 6.07 Å². The molecular weight excluding hydrogens is 169 g/mol. The summed E-state index contributed by atoms with van der Waals surface area (Å²) < 4.78 is 0. The van der Waals surface area contributed by atoms with Crippen molar-refractivity contribution in [3.63, 3.8) is 0 Å². The van der Waals surface area contributed by atoms with Gasteiger partial charge in [-0.2, -0.15) is 0 Å². The SMILES string of the molecule is CBc1ccc(-c2ccccc2)nc1. The first-order valence-corrected chi connectivity index (χ1v) is 4.90. The number of hydrogen-bond acceptors (Lipinski definition) is 1. The third-order valence-corrected chi connectivity index (χ3v) is 2.30. The highest BCUT2D eigenvalue weighted by Crippen LogP contribution is 2.13. The average Bonchev–Trinajstić information content (AvgIpc) is 2.30. The van der Waals surface area contributed by atoms with Crippen LogP contribution in [0.4, 0.5) is 0 Å². The van der Waals surface area contributed by atoms with Crippen molar-refractivity contribution in [3.05, 3.63) is 48.7 Å². The molecule has 0 radical (unpaired) electrons. The van der Waals surface area contributed by atoms with Crippen LogP contribution in [0, 0.1) is 0 Å². The Hall–Kier alpha value is -1.57. The molecule has 0 fully saturated rings. The quantitative estimate of drug-likeness (QED) is 0.644. The molecule has 1 nitrogen and oxygen atoms in total. The smallest absolute Gasteiger partial charge is 0.156 e. The van der Waals surface area contributed by atoms with Crippen LogP contribution < -0.4 is 5.46 Å². The molecule has 0 saturated carbocycles. The van der Waals surface area contributed by atoms with Crippen molar-refractivity contribution >= 4 is 12.7 Å². The fourth-order valence-electron chi connectivity index (χ4n) is 1.41. The first kappa shape index (κ1) is 9.01. The Bertz CT molecular complexity index is 394. The van der Waals surface area contributed by atoms with E-state index in [1.807, 2.05) is 24.4 Å². The number of nitrogens with zero attached hydrogens (tertiary/aromatic N) is 1. The fraction of sp³-hybridized carbons (Fsp3) is 0.0833. The van der Waals surface area contributed by atoms with Crippen molar-refractivity contribution in [3.8, 4) is 11.3 Å². The molecule has 2 heteroatoms. The van der Waals surface area contributed by atoms with Gasteiger partial charge in [0.25, 0.3) is 0 Å². The zero-order chi connectivity index (χ0) is 9.80. The largest absolute Gasteiger partial charge is 0.257 e. The van der Waals surface area contributed by atoms with Crippen LogP contribution in [0.15, 0.2) is 48.7 Å². The van der Waals surface area contributed by atoms with Crippen molar-refractivity contribution < 1.29 is 0 Å². The molecule has 0 amide bonds. The zero-order valence-corrected chi connectivity index (χ0v) is 8.27. The van der Waals surface area contributed by atoms with Gasteiger partial charge in [-0.25, -0.2) is 0 Å². The minimum absolute atomic E-state index is 1.04. The van der Waals surface area contributed by atoms with Gasteiger partial charge in [-0.1, -0.05) is 48.7 Å². The molecule has 2 aromatic rings. The predicted molar refractivity (Wildman–Crippen MR) is 62.3 cm³/mol. The number of benzene rings is 1. The lowest BCUT2D eigenvalue weighted by molar-refractivity contribution is 1.34. The van der Waals surface area contributed by atoms with Gasteiger partial charge in [0.05, 0.1) is 5.69 Å². The second-order valence-corrected chi connectivity index (χ2v) is 3.27. The van der Waals surface area contributed by atoms with Crippen LogP contribution in [-0.4, -0.2) is 12.3 Å². The van der Waals surface area contributed by atoms with Gasteiger partial charge >= 0.3 is 0 Å². The Morgan fingerprint density at radius 2 is 1.79 bits per heavy atom. The van der Waals surface area contributed by atoms with Crippen LogP contribution in [0.3, 0.4) is 0 Å². The summed E-state index contributed by atoms with van der Waals surface area (Å²) in [5.41, 5.74) is 3.50. The summed E-state index contributed by atoms with van der Waals surface area (Å²) in [5, 5.41) is 0. The molecule has 0 saturated heterocycles. The molecule has 0 spiro atoms. The lowest BCUT2D eigenvalue weighted by Gasteiger charge is -2.00. The maximum Gasteiger partial charge on any atom is 0.156 e. The third kappa shape index (κ3) is 1.85. The van der Waals surface area contributed by atoms with Crippen molar-refractivity contribution in [1.29, 1.82) is 0 Å². The van der Waals surface area contributed by atoms with E-state index >= 15 is 0 Å². The normalized spacial score (nSPS) is 9.79. The molecule has 0 unspecified atom stereocenters. The highest BCUT2D eigenvalue weighted by Gasteiger charge is 1.97. The minimum Gasteiger partial charge on any atom is -0.257 e. The third-order valence-electron chi connectivity index (χ3n) is 2.30. The summed E-state index contributed by atoms with van der Waals surface area (Å²) in [4.78, 5) is 4.42. The van der Waals surface area contributed by atoms with E-state index in [9.17, 15) is 0 Å². The van der Waals surface area contributed by atoms with E-state index in [-0.39, 0.29) is 0 Å². The Morgan fingerprint density at radius 1 is 1.00 bits per heavy atom. The molecule has 0 N–H and O–H groups in total. The maximum absolute atomic E-state index is 4.42. The van der Waals surface area contributed by atoms with E-state index in [2.05, 4.69) is 36.1 Å². The molecule has 0 aliphatic heterocycles. The van der Waals surface area contributed by atoms with Gasteiger partial charge in [0.1, 0.15) is 0 Å². The van der Waals surface area contributed by atoms with Gasteiger partial charge < -0.3 is 0 Å². The van der Waals surface area contributed by atoms with Crippen LogP contribution in [0.1, 0.15) is 0 Å². The standard InChI is InChI=1S/C12H12BN/c1-13-11-7-8-12(14-9-11)10-5-3-2-4-6-10/h2-9,13H,1H3. The van der Waals surface area contributed by atoms with Crippen molar-refractivity contribution in [1.82, 2.24) is 4.98 Å². The van der Waals surface area contributed by atoms with E-state index in [0.717, 1.165) is 13.0 Å². The molecule has 1 aromatic heterocycles. The highest BCUT2D eigenvalue weighted by atomic mass is 14.7. The number of aromatic nitrogens is 1. The maximum atomic E-state index is 4.42. The Labute approximate surface area is 85.1 Å². The molecule has 0 bridgehead atoms. The van der Waals surface area contributed by atoms with Crippen LogP contribution in [-0.2, 0) is 0 Å². The highest BCUT2D eigenvalue weighted by molar-refractivity contribution is 6.51. The molecular formula is C12H12BN. The van der Waals surface area contributed by atoms with Crippen LogP contribution in [0.5, 0.6) is 0 Å². The second kappa shape index (κ2) is 4.10. The summed E-state index contributed by atoms with van der Waals surface area (Å²) in [6, 6.07) is 14.4. The molecule has 1 heterocycles. The monoisotopic (exact) mass is 181 g/mol. The molecule has 1 aromatic carbocycles. The molecule has 0 aliphatic rings. The van der Waals surface area contributed by atoms with Gasteiger partial charge in [0.15, 0.2) is 7.28 Å². The van der Waals surface area contributed by atoms with Crippen LogP contribution >= 0.6 is 0 Å². The molecule has 14 heavy (non-hydrogen) atoms.